The lowest BCUT2D eigenvalue weighted by atomic mass is 10.1. The Bertz CT molecular complexity index is 520. The molecule has 108 valence electrons. The van der Waals surface area contributed by atoms with Crippen molar-refractivity contribution >= 4 is 11.8 Å². The summed E-state index contributed by atoms with van der Waals surface area (Å²) < 4.78 is 4.71. The molecule has 1 aromatic rings. The smallest absolute Gasteiger partial charge is 0.376 e. The van der Waals surface area contributed by atoms with Gasteiger partial charge in [-0.3, -0.25) is 0 Å². The van der Waals surface area contributed by atoms with Crippen LogP contribution in [0.1, 0.15) is 35.6 Å². The molecule has 6 heteroatoms. The maximum atomic E-state index is 11.6. The molecule has 2 atom stereocenters. The number of carbonyl (C=O) groups excluding carboxylic acids is 1. The highest BCUT2D eigenvalue weighted by molar-refractivity contribution is 5.85. The summed E-state index contributed by atoms with van der Waals surface area (Å²) in [4.78, 5) is 22.4. The molecule has 3 heterocycles. The van der Waals surface area contributed by atoms with Crippen LogP contribution in [0.4, 0.5) is 5.82 Å². The van der Waals surface area contributed by atoms with Crippen molar-refractivity contribution in [1.29, 1.82) is 0 Å². The van der Waals surface area contributed by atoms with Gasteiger partial charge in [0.2, 0.25) is 5.82 Å². The Morgan fingerprint density at radius 1 is 1.35 bits per heavy atom. The van der Waals surface area contributed by atoms with E-state index in [9.17, 15) is 4.79 Å². The maximum Gasteiger partial charge on any atom is 0.376 e. The van der Waals surface area contributed by atoms with Crippen LogP contribution in [-0.4, -0.2) is 48.2 Å². The number of rotatable bonds is 2. The number of aryl methyl sites for hydroxylation is 1. The first-order valence-corrected chi connectivity index (χ1v) is 7.10. The van der Waals surface area contributed by atoms with Gasteiger partial charge in [0, 0.05) is 36.9 Å². The van der Waals surface area contributed by atoms with Gasteiger partial charge in [-0.05, 0) is 26.2 Å². The van der Waals surface area contributed by atoms with Crippen LogP contribution < -0.4 is 10.2 Å². The molecule has 20 heavy (non-hydrogen) atoms. The number of ether oxygens (including phenoxy) is 1. The predicted octanol–water partition coefficient (Wildman–Crippen LogP) is 0.902. The SMILES string of the molecule is COC(=O)c1nc(C)cc(N2CCC3CCC(C2)N3)n1. The fourth-order valence-corrected chi connectivity index (χ4v) is 3.05. The molecule has 0 aliphatic carbocycles. The number of hydrogen-bond donors (Lipinski definition) is 1. The van der Waals surface area contributed by atoms with E-state index >= 15 is 0 Å². The number of hydrogen-bond acceptors (Lipinski definition) is 6. The monoisotopic (exact) mass is 276 g/mol. The van der Waals surface area contributed by atoms with Gasteiger partial charge >= 0.3 is 5.97 Å². The second kappa shape index (κ2) is 5.36. The summed E-state index contributed by atoms with van der Waals surface area (Å²) in [5.41, 5.74) is 0.790. The summed E-state index contributed by atoms with van der Waals surface area (Å²) in [6.07, 6.45) is 3.61. The largest absolute Gasteiger partial charge is 0.463 e. The third-order valence-corrected chi connectivity index (χ3v) is 4.06. The van der Waals surface area contributed by atoms with Crippen LogP contribution in [0.25, 0.3) is 0 Å². The van der Waals surface area contributed by atoms with E-state index in [-0.39, 0.29) is 5.82 Å². The first-order chi connectivity index (χ1) is 9.65. The van der Waals surface area contributed by atoms with E-state index in [1.165, 1.54) is 20.0 Å². The van der Waals surface area contributed by atoms with Crippen LogP contribution in [-0.2, 0) is 4.74 Å². The lowest BCUT2D eigenvalue weighted by Gasteiger charge is -2.25. The lowest BCUT2D eigenvalue weighted by molar-refractivity contribution is 0.0586. The standard InChI is InChI=1S/C14H20N4O2/c1-9-7-12(17-13(15-9)14(19)20-2)18-6-5-10-3-4-11(8-18)16-10/h7,10-11,16H,3-6,8H2,1-2H3. The van der Waals surface area contributed by atoms with E-state index in [0.29, 0.717) is 12.1 Å². The highest BCUT2D eigenvalue weighted by Crippen LogP contribution is 2.24. The zero-order chi connectivity index (χ0) is 14.1. The average molecular weight is 276 g/mol. The number of fused-ring (bicyclic) bond motifs is 2. The molecular weight excluding hydrogens is 256 g/mol. The van der Waals surface area contributed by atoms with E-state index in [2.05, 4.69) is 20.2 Å². The minimum atomic E-state index is -0.482. The minimum absolute atomic E-state index is 0.143. The Labute approximate surface area is 118 Å². The molecular formula is C14H20N4O2. The molecule has 2 unspecified atom stereocenters. The third kappa shape index (κ3) is 2.60. The van der Waals surface area contributed by atoms with Gasteiger partial charge < -0.3 is 15.0 Å². The highest BCUT2D eigenvalue weighted by Gasteiger charge is 2.30. The second-order valence-electron chi connectivity index (χ2n) is 5.56. The van der Waals surface area contributed by atoms with E-state index in [4.69, 9.17) is 4.74 Å². The molecule has 0 amide bonds. The zero-order valence-electron chi connectivity index (χ0n) is 11.9. The minimum Gasteiger partial charge on any atom is -0.463 e. The number of esters is 1. The van der Waals surface area contributed by atoms with Crippen molar-refractivity contribution in [3.05, 3.63) is 17.6 Å². The number of nitrogens with one attached hydrogen (secondary N) is 1. The molecule has 2 saturated heterocycles. The number of aromatic nitrogens is 2. The molecule has 2 aliphatic heterocycles. The van der Waals surface area contributed by atoms with Gasteiger partial charge in [-0.2, -0.15) is 0 Å². The summed E-state index contributed by atoms with van der Waals surface area (Å²) in [5, 5.41) is 3.64. The topological polar surface area (TPSA) is 67.3 Å². The van der Waals surface area contributed by atoms with Gasteiger partial charge in [-0.1, -0.05) is 0 Å². The number of nitrogens with zero attached hydrogens (tertiary/aromatic N) is 3. The van der Waals surface area contributed by atoms with Crippen molar-refractivity contribution in [1.82, 2.24) is 15.3 Å². The van der Waals surface area contributed by atoms with Crippen molar-refractivity contribution in [2.24, 2.45) is 0 Å². The quantitative estimate of drug-likeness (QED) is 0.810. The normalized spacial score (nSPS) is 25.4. The van der Waals surface area contributed by atoms with Crippen molar-refractivity contribution < 1.29 is 9.53 Å². The summed E-state index contributed by atoms with van der Waals surface area (Å²) in [6, 6.07) is 3.10. The molecule has 0 radical (unpaired) electrons. The van der Waals surface area contributed by atoms with E-state index in [0.717, 1.165) is 31.0 Å². The molecule has 0 spiro atoms. The zero-order valence-corrected chi connectivity index (χ0v) is 11.9. The first-order valence-electron chi connectivity index (χ1n) is 7.10. The van der Waals surface area contributed by atoms with E-state index in [1.54, 1.807) is 0 Å². The molecule has 2 bridgehead atoms. The van der Waals surface area contributed by atoms with Gasteiger partial charge in [0.25, 0.3) is 0 Å². The van der Waals surface area contributed by atoms with Crippen LogP contribution in [0.2, 0.25) is 0 Å². The molecule has 6 nitrogen and oxygen atoms in total. The highest BCUT2D eigenvalue weighted by atomic mass is 16.5. The Kier molecular flexibility index (Phi) is 3.56. The molecule has 2 aliphatic rings. The van der Waals surface area contributed by atoms with Crippen LogP contribution in [0, 0.1) is 6.92 Å². The third-order valence-electron chi connectivity index (χ3n) is 4.06. The van der Waals surface area contributed by atoms with Crippen LogP contribution in [0.15, 0.2) is 6.07 Å². The Balaban J connectivity index is 1.85. The molecule has 1 N–H and O–H groups in total. The lowest BCUT2D eigenvalue weighted by Crippen LogP contribution is -2.36. The van der Waals surface area contributed by atoms with Gasteiger partial charge in [-0.25, -0.2) is 14.8 Å². The summed E-state index contributed by atoms with van der Waals surface area (Å²) >= 11 is 0. The van der Waals surface area contributed by atoms with Crippen molar-refractivity contribution in [2.45, 2.75) is 38.3 Å². The van der Waals surface area contributed by atoms with E-state index in [1.807, 2.05) is 13.0 Å². The van der Waals surface area contributed by atoms with Gasteiger partial charge in [0.05, 0.1) is 7.11 Å². The predicted molar refractivity (Wildman–Crippen MR) is 74.9 cm³/mol. The second-order valence-corrected chi connectivity index (χ2v) is 5.56. The van der Waals surface area contributed by atoms with Crippen LogP contribution in [0.3, 0.4) is 0 Å². The van der Waals surface area contributed by atoms with Crippen LogP contribution in [0.5, 0.6) is 0 Å². The Hall–Kier alpha value is -1.69. The Morgan fingerprint density at radius 3 is 2.95 bits per heavy atom. The van der Waals surface area contributed by atoms with E-state index < -0.39 is 5.97 Å². The summed E-state index contributed by atoms with van der Waals surface area (Å²) in [6.45, 7) is 3.78. The van der Waals surface area contributed by atoms with Gasteiger partial charge in [0.1, 0.15) is 5.82 Å². The molecule has 1 aromatic heterocycles. The fraction of sp³-hybridized carbons (Fsp3) is 0.643. The Morgan fingerprint density at radius 2 is 2.15 bits per heavy atom. The number of methoxy groups -OCH3 is 1. The summed E-state index contributed by atoms with van der Waals surface area (Å²) in [7, 11) is 1.35. The molecule has 0 saturated carbocycles. The number of anilines is 1. The van der Waals surface area contributed by atoms with Crippen LogP contribution >= 0.6 is 0 Å². The van der Waals surface area contributed by atoms with Crippen molar-refractivity contribution in [3.8, 4) is 0 Å². The molecule has 0 aromatic carbocycles. The molecule has 2 fully saturated rings. The molecule has 3 rings (SSSR count). The summed E-state index contributed by atoms with van der Waals surface area (Å²) in [5.74, 6) is 0.488. The average Bonchev–Trinajstić information content (AvgIpc) is 2.76. The van der Waals surface area contributed by atoms with Gasteiger partial charge in [-0.15, -0.1) is 0 Å². The van der Waals surface area contributed by atoms with Crippen molar-refractivity contribution in [3.63, 3.8) is 0 Å². The van der Waals surface area contributed by atoms with Gasteiger partial charge in [0.15, 0.2) is 0 Å². The van der Waals surface area contributed by atoms with Crippen molar-refractivity contribution in [2.75, 3.05) is 25.1 Å². The fourth-order valence-electron chi connectivity index (χ4n) is 3.05. The maximum absolute atomic E-state index is 11.6. The number of carbonyl (C=O) groups is 1. The first kappa shape index (κ1) is 13.3.